The standard InChI is InChI=1S/C13H14ClN3O3S/c1-21(19,20)7-6-13(18)16-10-8-15-17(9-10)12-5-3-2-4-11(12)14/h2-5,8-9H,6-7H2,1H3,(H,16,18). The Morgan fingerprint density at radius 2 is 2.10 bits per heavy atom. The van der Waals surface area contributed by atoms with Crippen LogP contribution in [0.2, 0.25) is 5.02 Å². The van der Waals surface area contributed by atoms with E-state index in [0.717, 1.165) is 6.26 Å². The predicted octanol–water partition coefficient (Wildman–Crippen LogP) is 1.90. The van der Waals surface area contributed by atoms with Crippen molar-refractivity contribution in [2.75, 3.05) is 17.3 Å². The van der Waals surface area contributed by atoms with Gasteiger partial charge in [-0.15, -0.1) is 0 Å². The molecule has 0 fully saturated rings. The lowest BCUT2D eigenvalue weighted by Gasteiger charge is -2.03. The third-order valence-corrected chi connectivity index (χ3v) is 3.93. The summed E-state index contributed by atoms with van der Waals surface area (Å²) in [6, 6.07) is 7.17. The van der Waals surface area contributed by atoms with Crippen LogP contribution in [0.3, 0.4) is 0 Å². The summed E-state index contributed by atoms with van der Waals surface area (Å²) in [6.45, 7) is 0. The Labute approximate surface area is 127 Å². The molecule has 1 aromatic heterocycles. The summed E-state index contributed by atoms with van der Waals surface area (Å²) in [5.74, 6) is -0.559. The zero-order valence-electron chi connectivity index (χ0n) is 11.3. The second-order valence-corrected chi connectivity index (χ2v) is 7.22. The average molecular weight is 328 g/mol. The van der Waals surface area contributed by atoms with Crippen molar-refractivity contribution in [1.82, 2.24) is 9.78 Å². The van der Waals surface area contributed by atoms with E-state index < -0.39 is 9.84 Å². The number of halogens is 1. The highest BCUT2D eigenvalue weighted by molar-refractivity contribution is 7.90. The van der Waals surface area contributed by atoms with E-state index in [1.165, 1.54) is 10.9 Å². The molecule has 0 spiro atoms. The molecular weight excluding hydrogens is 314 g/mol. The first-order chi connectivity index (χ1) is 9.85. The van der Waals surface area contributed by atoms with Crippen LogP contribution in [0.1, 0.15) is 6.42 Å². The topological polar surface area (TPSA) is 81.1 Å². The molecule has 2 aromatic rings. The number of para-hydroxylation sites is 1. The number of nitrogens with one attached hydrogen (secondary N) is 1. The lowest BCUT2D eigenvalue weighted by molar-refractivity contribution is -0.115. The first-order valence-corrected chi connectivity index (χ1v) is 8.56. The van der Waals surface area contributed by atoms with Gasteiger partial charge in [-0.25, -0.2) is 13.1 Å². The van der Waals surface area contributed by atoms with E-state index in [1.807, 2.05) is 12.1 Å². The maximum Gasteiger partial charge on any atom is 0.225 e. The molecule has 0 unspecified atom stereocenters. The molecule has 0 saturated carbocycles. The third kappa shape index (κ3) is 4.57. The minimum absolute atomic E-state index is 0.0872. The Bertz CT molecular complexity index is 756. The molecule has 112 valence electrons. The molecule has 0 aliphatic rings. The summed E-state index contributed by atoms with van der Waals surface area (Å²) in [7, 11) is -3.15. The highest BCUT2D eigenvalue weighted by Crippen LogP contribution is 2.20. The smallest absolute Gasteiger partial charge is 0.225 e. The van der Waals surface area contributed by atoms with Crippen molar-refractivity contribution in [3.8, 4) is 5.69 Å². The summed E-state index contributed by atoms with van der Waals surface area (Å²) in [5, 5.41) is 7.24. The van der Waals surface area contributed by atoms with E-state index in [1.54, 1.807) is 18.3 Å². The van der Waals surface area contributed by atoms with Gasteiger partial charge in [0.2, 0.25) is 5.91 Å². The second-order valence-electron chi connectivity index (χ2n) is 4.55. The minimum atomic E-state index is -3.15. The fourth-order valence-electron chi connectivity index (χ4n) is 1.66. The van der Waals surface area contributed by atoms with Crippen molar-refractivity contribution in [3.63, 3.8) is 0 Å². The number of benzene rings is 1. The minimum Gasteiger partial charge on any atom is -0.323 e. The molecule has 0 aliphatic heterocycles. The van der Waals surface area contributed by atoms with Gasteiger partial charge in [0.05, 0.1) is 34.5 Å². The Morgan fingerprint density at radius 1 is 1.38 bits per heavy atom. The Balaban J connectivity index is 2.04. The van der Waals surface area contributed by atoms with Crippen molar-refractivity contribution in [2.45, 2.75) is 6.42 Å². The summed E-state index contributed by atoms with van der Waals surface area (Å²) in [6.07, 6.45) is 4.09. The molecule has 0 aliphatic carbocycles. The van der Waals surface area contributed by atoms with Gasteiger partial charge in [0, 0.05) is 12.7 Å². The van der Waals surface area contributed by atoms with Crippen LogP contribution in [0.25, 0.3) is 5.69 Å². The van der Waals surface area contributed by atoms with Crippen molar-refractivity contribution in [3.05, 3.63) is 41.7 Å². The van der Waals surface area contributed by atoms with Crippen molar-refractivity contribution >= 4 is 33.0 Å². The number of anilines is 1. The van der Waals surface area contributed by atoms with Gasteiger partial charge in [-0.3, -0.25) is 4.79 Å². The highest BCUT2D eigenvalue weighted by atomic mass is 35.5. The van der Waals surface area contributed by atoms with Crippen LogP contribution in [0.5, 0.6) is 0 Å². The first-order valence-electron chi connectivity index (χ1n) is 6.12. The van der Waals surface area contributed by atoms with E-state index in [2.05, 4.69) is 10.4 Å². The molecule has 0 radical (unpaired) electrons. The molecule has 0 bridgehead atoms. The van der Waals surface area contributed by atoms with E-state index in [4.69, 9.17) is 11.6 Å². The summed E-state index contributed by atoms with van der Waals surface area (Å²) >= 11 is 6.06. The van der Waals surface area contributed by atoms with Crippen LogP contribution in [0.15, 0.2) is 36.7 Å². The maximum absolute atomic E-state index is 11.6. The number of rotatable bonds is 5. The SMILES string of the molecule is CS(=O)(=O)CCC(=O)Nc1cnn(-c2ccccc2Cl)c1. The van der Waals surface area contributed by atoms with Gasteiger partial charge in [-0.05, 0) is 12.1 Å². The fraction of sp³-hybridized carbons (Fsp3) is 0.231. The third-order valence-electron chi connectivity index (χ3n) is 2.67. The van der Waals surface area contributed by atoms with Gasteiger partial charge >= 0.3 is 0 Å². The van der Waals surface area contributed by atoms with E-state index in [-0.39, 0.29) is 18.1 Å². The normalized spacial score (nSPS) is 11.3. The Kier molecular flexibility index (Phi) is 4.64. The van der Waals surface area contributed by atoms with Gasteiger partial charge in [0.25, 0.3) is 0 Å². The van der Waals surface area contributed by atoms with Crippen LogP contribution < -0.4 is 5.32 Å². The zero-order valence-corrected chi connectivity index (χ0v) is 12.9. The van der Waals surface area contributed by atoms with Crippen LogP contribution in [-0.4, -0.2) is 36.1 Å². The number of sulfone groups is 1. The zero-order chi connectivity index (χ0) is 15.5. The lowest BCUT2D eigenvalue weighted by Crippen LogP contribution is -2.16. The van der Waals surface area contributed by atoms with E-state index in [9.17, 15) is 13.2 Å². The number of hydrogen-bond donors (Lipinski definition) is 1. The van der Waals surface area contributed by atoms with Crippen LogP contribution in [0, 0.1) is 0 Å². The number of hydrogen-bond acceptors (Lipinski definition) is 4. The van der Waals surface area contributed by atoms with Crippen molar-refractivity contribution < 1.29 is 13.2 Å². The Hall–Kier alpha value is -1.86. The van der Waals surface area contributed by atoms with Crippen LogP contribution in [-0.2, 0) is 14.6 Å². The van der Waals surface area contributed by atoms with Crippen molar-refractivity contribution in [2.24, 2.45) is 0 Å². The largest absolute Gasteiger partial charge is 0.323 e. The highest BCUT2D eigenvalue weighted by Gasteiger charge is 2.10. The quantitative estimate of drug-likeness (QED) is 0.909. The number of nitrogens with zero attached hydrogens (tertiary/aromatic N) is 2. The molecule has 1 N–H and O–H groups in total. The van der Waals surface area contributed by atoms with Crippen molar-refractivity contribution in [1.29, 1.82) is 0 Å². The van der Waals surface area contributed by atoms with E-state index in [0.29, 0.717) is 16.4 Å². The molecule has 21 heavy (non-hydrogen) atoms. The molecule has 2 rings (SSSR count). The maximum atomic E-state index is 11.6. The number of aromatic nitrogens is 2. The van der Waals surface area contributed by atoms with E-state index >= 15 is 0 Å². The van der Waals surface area contributed by atoms with Gasteiger partial charge in [0.15, 0.2) is 0 Å². The molecular formula is C13H14ClN3O3S. The first kappa shape index (κ1) is 15.5. The summed E-state index contributed by atoms with van der Waals surface area (Å²) < 4.78 is 23.5. The molecule has 1 amide bonds. The molecule has 1 aromatic carbocycles. The van der Waals surface area contributed by atoms with Gasteiger partial charge < -0.3 is 5.32 Å². The van der Waals surface area contributed by atoms with Crippen LogP contribution in [0.4, 0.5) is 5.69 Å². The average Bonchev–Trinajstić information content (AvgIpc) is 2.84. The molecule has 8 heteroatoms. The number of carbonyl (C=O) groups excluding carboxylic acids is 1. The Morgan fingerprint density at radius 3 is 2.76 bits per heavy atom. The second kappa shape index (κ2) is 6.28. The molecule has 6 nitrogen and oxygen atoms in total. The number of amides is 1. The molecule has 1 heterocycles. The van der Waals surface area contributed by atoms with Gasteiger partial charge in [-0.1, -0.05) is 23.7 Å². The summed E-state index contributed by atoms with van der Waals surface area (Å²) in [5.41, 5.74) is 1.17. The van der Waals surface area contributed by atoms with Gasteiger partial charge in [0.1, 0.15) is 9.84 Å². The number of carbonyl (C=O) groups is 1. The lowest BCUT2D eigenvalue weighted by atomic mass is 10.3. The summed E-state index contributed by atoms with van der Waals surface area (Å²) in [4.78, 5) is 11.6. The van der Waals surface area contributed by atoms with Gasteiger partial charge in [-0.2, -0.15) is 5.10 Å². The fourth-order valence-corrected chi connectivity index (χ4v) is 2.44. The molecule has 0 atom stereocenters. The van der Waals surface area contributed by atoms with Crippen LogP contribution >= 0.6 is 11.6 Å². The predicted molar refractivity (Wildman–Crippen MR) is 81.5 cm³/mol. The monoisotopic (exact) mass is 327 g/mol. The molecule has 0 saturated heterocycles.